The molecule has 152 valence electrons. The van der Waals surface area contributed by atoms with Crippen LogP contribution in [0.15, 0.2) is 42.5 Å². The van der Waals surface area contributed by atoms with Gasteiger partial charge in [0, 0.05) is 18.8 Å². The van der Waals surface area contributed by atoms with Crippen LogP contribution in [-0.4, -0.2) is 29.8 Å². The Balaban J connectivity index is 2.11. The van der Waals surface area contributed by atoms with Gasteiger partial charge < -0.3 is 19.7 Å². The summed E-state index contributed by atoms with van der Waals surface area (Å²) >= 11 is 5.69. The lowest BCUT2D eigenvalue weighted by Crippen LogP contribution is -2.34. The minimum absolute atomic E-state index is 0.607. The van der Waals surface area contributed by atoms with Crippen LogP contribution in [0.1, 0.15) is 45.2 Å². The lowest BCUT2D eigenvalue weighted by Gasteiger charge is -2.26. The van der Waals surface area contributed by atoms with E-state index in [0.29, 0.717) is 13.2 Å². The second kappa shape index (κ2) is 11.5. The fourth-order valence-corrected chi connectivity index (χ4v) is 3.24. The minimum Gasteiger partial charge on any atom is -0.490 e. The van der Waals surface area contributed by atoms with Crippen LogP contribution in [-0.2, 0) is 13.0 Å². The molecule has 0 bridgehead atoms. The number of aryl methyl sites for hydroxylation is 1. The predicted octanol–water partition coefficient (Wildman–Crippen LogP) is 5.66. The van der Waals surface area contributed by atoms with Crippen LogP contribution in [0.3, 0.4) is 0 Å². The Bertz CT molecular complexity index is 747. The van der Waals surface area contributed by atoms with E-state index in [1.165, 1.54) is 5.56 Å². The van der Waals surface area contributed by atoms with E-state index in [9.17, 15) is 0 Å². The van der Waals surface area contributed by atoms with Crippen LogP contribution in [0.4, 0.5) is 5.69 Å². The monoisotopic (exact) mass is 400 g/mol. The number of rotatable bonds is 10. The SMILES string of the molecule is CCCN(Cc1ccc(OCC)c(OCC)c1)C(=S)Nc1ccc(CC)cc1. The molecule has 0 radical (unpaired) electrons. The smallest absolute Gasteiger partial charge is 0.173 e. The number of nitrogens with zero attached hydrogens (tertiary/aromatic N) is 1. The Morgan fingerprint density at radius 1 is 0.893 bits per heavy atom. The molecule has 2 aromatic rings. The molecule has 0 fully saturated rings. The van der Waals surface area contributed by atoms with E-state index < -0.39 is 0 Å². The number of hydrogen-bond donors (Lipinski definition) is 1. The summed E-state index contributed by atoms with van der Waals surface area (Å²) in [5, 5.41) is 4.11. The van der Waals surface area contributed by atoms with Gasteiger partial charge in [-0.25, -0.2) is 0 Å². The summed E-state index contributed by atoms with van der Waals surface area (Å²) < 4.78 is 11.4. The molecule has 2 rings (SSSR count). The zero-order valence-corrected chi connectivity index (χ0v) is 18.3. The highest BCUT2D eigenvalue weighted by molar-refractivity contribution is 7.80. The van der Waals surface area contributed by atoms with Gasteiger partial charge >= 0.3 is 0 Å². The maximum absolute atomic E-state index is 5.76. The molecule has 0 aliphatic rings. The Hall–Kier alpha value is -2.27. The summed E-state index contributed by atoms with van der Waals surface area (Å²) in [5.41, 5.74) is 3.48. The third kappa shape index (κ3) is 6.41. The number of ether oxygens (including phenoxy) is 2. The second-order valence-electron chi connectivity index (χ2n) is 6.55. The van der Waals surface area contributed by atoms with Crippen LogP contribution in [0.5, 0.6) is 11.5 Å². The molecule has 2 aromatic carbocycles. The van der Waals surface area contributed by atoms with Gasteiger partial charge in [0.15, 0.2) is 16.6 Å². The normalized spacial score (nSPS) is 10.4. The molecule has 0 amide bonds. The highest BCUT2D eigenvalue weighted by Crippen LogP contribution is 2.29. The predicted molar refractivity (Wildman–Crippen MR) is 122 cm³/mol. The summed E-state index contributed by atoms with van der Waals surface area (Å²) in [6.45, 7) is 11.1. The van der Waals surface area contributed by atoms with Crippen molar-refractivity contribution >= 4 is 23.0 Å². The van der Waals surface area contributed by atoms with Gasteiger partial charge in [0.05, 0.1) is 13.2 Å². The van der Waals surface area contributed by atoms with Gasteiger partial charge in [-0.2, -0.15) is 0 Å². The summed E-state index contributed by atoms with van der Waals surface area (Å²) in [6.07, 6.45) is 2.05. The van der Waals surface area contributed by atoms with Crippen molar-refractivity contribution in [3.63, 3.8) is 0 Å². The Morgan fingerprint density at radius 3 is 2.14 bits per heavy atom. The van der Waals surface area contributed by atoms with Crippen LogP contribution in [0, 0.1) is 0 Å². The fraction of sp³-hybridized carbons (Fsp3) is 0.435. The molecular weight excluding hydrogens is 368 g/mol. The number of anilines is 1. The lowest BCUT2D eigenvalue weighted by molar-refractivity contribution is 0.287. The maximum Gasteiger partial charge on any atom is 0.173 e. The first-order valence-corrected chi connectivity index (χ1v) is 10.5. The maximum atomic E-state index is 5.76. The minimum atomic E-state index is 0.607. The average Bonchev–Trinajstić information content (AvgIpc) is 2.70. The van der Waals surface area contributed by atoms with Crippen molar-refractivity contribution in [2.24, 2.45) is 0 Å². The Labute approximate surface area is 174 Å². The quantitative estimate of drug-likeness (QED) is 0.521. The molecule has 5 heteroatoms. The van der Waals surface area contributed by atoms with E-state index in [1.807, 2.05) is 19.9 Å². The van der Waals surface area contributed by atoms with E-state index in [0.717, 1.165) is 53.8 Å². The van der Waals surface area contributed by atoms with Crippen molar-refractivity contribution < 1.29 is 9.47 Å². The molecule has 0 aliphatic carbocycles. The van der Waals surface area contributed by atoms with Crippen molar-refractivity contribution in [2.75, 3.05) is 25.1 Å². The van der Waals surface area contributed by atoms with Crippen LogP contribution >= 0.6 is 12.2 Å². The zero-order valence-electron chi connectivity index (χ0n) is 17.5. The lowest BCUT2D eigenvalue weighted by atomic mass is 10.1. The van der Waals surface area contributed by atoms with Gasteiger partial charge in [0.2, 0.25) is 0 Å². The van der Waals surface area contributed by atoms with Gasteiger partial charge in [-0.1, -0.05) is 32.0 Å². The van der Waals surface area contributed by atoms with E-state index in [-0.39, 0.29) is 0 Å². The zero-order chi connectivity index (χ0) is 20.4. The van der Waals surface area contributed by atoms with Crippen molar-refractivity contribution in [1.29, 1.82) is 0 Å². The molecule has 0 unspecified atom stereocenters. The molecule has 0 heterocycles. The molecular formula is C23H32N2O2S. The molecule has 4 nitrogen and oxygen atoms in total. The molecule has 0 atom stereocenters. The van der Waals surface area contributed by atoms with Gasteiger partial charge in [-0.05, 0) is 74.3 Å². The van der Waals surface area contributed by atoms with Gasteiger partial charge in [-0.15, -0.1) is 0 Å². The first-order valence-electron chi connectivity index (χ1n) is 10.1. The fourth-order valence-electron chi connectivity index (χ4n) is 2.96. The topological polar surface area (TPSA) is 33.7 Å². The summed E-state index contributed by atoms with van der Waals surface area (Å²) in [5.74, 6) is 1.57. The standard InChI is InChI=1S/C23H32N2O2S/c1-5-15-25(23(28)24-20-12-9-18(6-2)10-13-20)17-19-11-14-21(26-7-3)22(16-19)27-8-4/h9-14,16H,5-8,15,17H2,1-4H3,(H,24,28). The summed E-state index contributed by atoms with van der Waals surface area (Å²) in [4.78, 5) is 2.19. The van der Waals surface area contributed by atoms with Crippen LogP contribution in [0.2, 0.25) is 0 Å². The van der Waals surface area contributed by atoms with Gasteiger partial charge in [0.1, 0.15) is 0 Å². The van der Waals surface area contributed by atoms with Crippen molar-refractivity contribution in [1.82, 2.24) is 4.90 Å². The Morgan fingerprint density at radius 2 is 1.54 bits per heavy atom. The summed E-state index contributed by atoms with van der Waals surface area (Å²) in [6, 6.07) is 14.5. The van der Waals surface area contributed by atoms with Crippen molar-refractivity contribution in [2.45, 2.75) is 47.1 Å². The number of hydrogen-bond acceptors (Lipinski definition) is 3. The van der Waals surface area contributed by atoms with Crippen molar-refractivity contribution in [3.8, 4) is 11.5 Å². The van der Waals surface area contributed by atoms with E-state index >= 15 is 0 Å². The number of benzene rings is 2. The number of nitrogens with one attached hydrogen (secondary N) is 1. The van der Waals surface area contributed by atoms with E-state index in [4.69, 9.17) is 21.7 Å². The van der Waals surface area contributed by atoms with Crippen molar-refractivity contribution in [3.05, 3.63) is 53.6 Å². The highest BCUT2D eigenvalue weighted by Gasteiger charge is 2.13. The first-order chi connectivity index (χ1) is 13.6. The van der Waals surface area contributed by atoms with E-state index in [1.54, 1.807) is 0 Å². The third-order valence-corrected chi connectivity index (χ3v) is 4.74. The van der Waals surface area contributed by atoms with Gasteiger partial charge in [0.25, 0.3) is 0 Å². The molecule has 0 aliphatic heterocycles. The third-order valence-electron chi connectivity index (χ3n) is 4.38. The molecule has 1 N–H and O–H groups in total. The van der Waals surface area contributed by atoms with E-state index in [2.05, 4.69) is 60.5 Å². The molecule has 0 spiro atoms. The Kier molecular flexibility index (Phi) is 9.08. The highest BCUT2D eigenvalue weighted by atomic mass is 32.1. The number of thiocarbonyl (C=S) groups is 1. The molecule has 0 saturated carbocycles. The second-order valence-corrected chi connectivity index (χ2v) is 6.94. The molecule has 0 saturated heterocycles. The first kappa shape index (κ1) is 22.0. The van der Waals surface area contributed by atoms with Crippen LogP contribution < -0.4 is 14.8 Å². The van der Waals surface area contributed by atoms with Gasteiger partial charge in [-0.3, -0.25) is 0 Å². The molecule has 28 heavy (non-hydrogen) atoms. The van der Waals surface area contributed by atoms with Crippen LogP contribution in [0.25, 0.3) is 0 Å². The average molecular weight is 401 g/mol. The molecule has 0 aromatic heterocycles. The summed E-state index contributed by atoms with van der Waals surface area (Å²) in [7, 11) is 0. The largest absolute Gasteiger partial charge is 0.490 e.